The van der Waals surface area contributed by atoms with Crippen LogP contribution < -0.4 is 5.32 Å². The summed E-state index contributed by atoms with van der Waals surface area (Å²) in [5.41, 5.74) is 3.19. The number of amides is 2. The third-order valence-electron chi connectivity index (χ3n) is 5.25. The van der Waals surface area contributed by atoms with E-state index in [4.69, 9.17) is 4.98 Å². The standard InChI is InChI=1S/C25H25N5O2/c1-29(17-19-9-3-2-4-10-19)24(31)18-30-22-13-6-5-11-20(22)28-23(30)14-16-27-25(32)21-12-7-8-15-26-21/h2-13,15H,14,16-18H2,1H3,(H,27,32). The SMILES string of the molecule is CN(Cc1ccccc1)C(=O)Cn1c(CCNC(=O)c2ccccn2)nc2ccccc21. The van der Waals surface area contributed by atoms with Crippen LogP contribution in [0.2, 0.25) is 0 Å². The number of para-hydroxylation sites is 2. The van der Waals surface area contributed by atoms with Gasteiger partial charge < -0.3 is 14.8 Å². The number of aromatic nitrogens is 3. The second-order valence-corrected chi connectivity index (χ2v) is 7.56. The number of hydrogen-bond donors (Lipinski definition) is 1. The van der Waals surface area contributed by atoms with Gasteiger partial charge in [0.15, 0.2) is 0 Å². The molecule has 7 nitrogen and oxygen atoms in total. The van der Waals surface area contributed by atoms with Crippen LogP contribution in [0.3, 0.4) is 0 Å². The van der Waals surface area contributed by atoms with E-state index in [2.05, 4.69) is 10.3 Å². The molecule has 0 spiro atoms. The van der Waals surface area contributed by atoms with Gasteiger partial charge in [-0.15, -0.1) is 0 Å². The van der Waals surface area contributed by atoms with Crippen molar-refractivity contribution in [2.24, 2.45) is 0 Å². The lowest BCUT2D eigenvalue weighted by Gasteiger charge is -2.19. The summed E-state index contributed by atoms with van der Waals surface area (Å²) in [4.78, 5) is 35.7. The molecule has 0 saturated carbocycles. The molecule has 4 aromatic rings. The van der Waals surface area contributed by atoms with Gasteiger partial charge in [0.1, 0.15) is 18.1 Å². The molecule has 0 unspecified atom stereocenters. The number of nitrogens with zero attached hydrogens (tertiary/aromatic N) is 4. The fourth-order valence-electron chi connectivity index (χ4n) is 3.57. The van der Waals surface area contributed by atoms with Crippen molar-refractivity contribution in [1.29, 1.82) is 0 Å². The summed E-state index contributed by atoms with van der Waals surface area (Å²) in [6, 6.07) is 22.9. The number of carbonyl (C=O) groups excluding carboxylic acids is 2. The Morgan fingerprint density at radius 3 is 2.50 bits per heavy atom. The predicted octanol–water partition coefficient (Wildman–Crippen LogP) is 3.06. The van der Waals surface area contributed by atoms with Crippen molar-refractivity contribution in [2.75, 3.05) is 13.6 Å². The Kier molecular flexibility index (Phi) is 6.55. The Morgan fingerprint density at radius 1 is 0.969 bits per heavy atom. The smallest absolute Gasteiger partial charge is 0.269 e. The summed E-state index contributed by atoms with van der Waals surface area (Å²) in [5, 5.41) is 2.88. The van der Waals surface area contributed by atoms with Crippen LogP contribution in [0.25, 0.3) is 11.0 Å². The lowest BCUT2D eigenvalue weighted by molar-refractivity contribution is -0.131. The van der Waals surface area contributed by atoms with Crippen molar-refractivity contribution >= 4 is 22.8 Å². The molecule has 0 radical (unpaired) electrons. The van der Waals surface area contributed by atoms with Crippen molar-refractivity contribution in [2.45, 2.75) is 19.5 Å². The largest absolute Gasteiger partial charge is 0.350 e. The van der Waals surface area contributed by atoms with Gasteiger partial charge in [-0.25, -0.2) is 4.98 Å². The first-order valence-corrected chi connectivity index (χ1v) is 10.5. The molecule has 0 aliphatic heterocycles. The quantitative estimate of drug-likeness (QED) is 0.469. The summed E-state index contributed by atoms with van der Waals surface area (Å²) in [5.74, 6) is 0.525. The van der Waals surface area contributed by atoms with Gasteiger partial charge in [0, 0.05) is 32.8 Å². The molecule has 2 amide bonds. The number of fused-ring (bicyclic) bond motifs is 1. The summed E-state index contributed by atoms with van der Waals surface area (Å²) in [6.07, 6.45) is 2.09. The maximum atomic E-state index is 13.0. The normalized spacial score (nSPS) is 10.8. The van der Waals surface area contributed by atoms with Crippen molar-refractivity contribution in [3.8, 4) is 0 Å². The molecule has 2 aromatic heterocycles. The molecule has 0 aliphatic carbocycles. The van der Waals surface area contributed by atoms with Crippen LogP contribution in [-0.2, 0) is 24.3 Å². The topological polar surface area (TPSA) is 80.1 Å². The van der Waals surface area contributed by atoms with E-state index in [9.17, 15) is 9.59 Å². The summed E-state index contributed by atoms with van der Waals surface area (Å²) in [6.45, 7) is 1.13. The molecule has 0 atom stereocenters. The molecule has 2 aromatic carbocycles. The second kappa shape index (κ2) is 9.87. The van der Waals surface area contributed by atoms with Crippen molar-refractivity contribution in [3.05, 3.63) is 96.1 Å². The Morgan fingerprint density at radius 2 is 1.72 bits per heavy atom. The average Bonchev–Trinajstić information content (AvgIpc) is 3.17. The molecule has 2 heterocycles. The first-order chi connectivity index (χ1) is 15.6. The highest BCUT2D eigenvalue weighted by atomic mass is 16.2. The minimum Gasteiger partial charge on any atom is -0.350 e. The van der Waals surface area contributed by atoms with E-state index < -0.39 is 0 Å². The van der Waals surface area contributed by atoms with Crippen LogP contribution >= 0.6 is 0 Å². The zero-order valence-electron chi connectivity index (χ0n) is 17.9. The fourth-order valence-corrected chi connectivity index (χ4v) is 3.57. The van der Waals surface area contributed by atoms with Crippen LogP contribution in [0, 0.1) is 0 Å². The van der Waals surface area contributed by atoms with E-state index >= 15 is 0 Å². The Hall–Kier alpha value is -4.00. The Bertz CT molecular complexity index is 1200. The second-order valence-electron chi connectivity index (χ2n) is 7.56. The van der Waals surface area contributed by atoms with Crippen LogP contribution in [-0.4, -0.2) is 44.8 Å². The average molecular weight is 428 g/mol. The highest BCUT2D eigenvalue weighted by Crippen LogP contribution is 2.17. The van der Waals surface area contributed by atoms with Gasteiger partial charge in [-0.3, -0.25) is 14.6 Å². The first-order valence-electron chi connectivity index (χ1n) is 10.5. The number of rotatable bonds is 8. The lowest BCUT2D eigenvalue weighted by atomic mass is 10.2. The van der Waals surface area contributed by atoms with E-state index in [0.29, 0.717) is 25.2 Å². The maximum absolute atomic E-state index is 13.0. The number of pyridine rings is 1. The summed E-state index contributed by atoms with van der Waals surface area (Å²) in [7, 11) is 1.81. The predicted molar refractivity (Wildman–Crippen MR) is 123 cm³/mol. The van der Waals surface area contributed by atoms with Gasteiger partial charge in [0.05, 0.1) is 11.0 Å². The van der Waals surface area contributed by atoms with Crippen molar-refractivity contribution in [3.63, 3.8) is 0 Å². The monoisotopic (exact) mass is 427 g/mol. The summed E-state index contributed by atoms with van der Waals surface area (Å²) < 4.78 is 1.94. The highest BCUT2D eigenvalue weighted by Gasteiger charge is 2.17. The van der Waals surface area contributed by atoms with Gasteiger partial charge in [-0.2, -0.15) is 0 Å². The number of hydrogen-bond acceptors (Lipinski definition) is 4. The van der Waals surface area contributed by atoms with E-state index in [-0.39, 0.29) is 18.4 Å². The molecular weight excluding hydrogens is 402 g/mol. The van der Waals surface area contributed by atoms with E-state index in [1.54, 1.807) is 36.3 Å². The van der Waals surface area contributed by atoms with Crippen LogP contribution in [0.1, 0.15) is 21.9 Å². The number of likely N-dealkylation sites (N-methyl/N-ethyl adjacent to an activating group) is 1. The molecule has 4 rings (SSSR count). The molecule has 0 saturated heterocycles. The fraction of sp³-hybridized carbons (Fsp3) is 0.200. The van der Waals surface area contributed by atoms with E-state index in [1.165, 1.54) is 0 Å². The molecular formula is C25H25N5O2. The highest BCUT2D eigenvalue weighted by molar-refractivity contribution is 5.92. The molecule has 32 heavy (non-hydrogen) atoms. The molecule has 0 fully saturated rings. The number of imidazole rings is 1. The number of carbonyl (C=O) groups is 2. The minimum absolute atomic E-state index is 0.00391. The summed E-state index contributed by atoms with van der Waals surface area (Å²) >= 11 is 0. The first kappa shape index (κ1) is 21.2. The number of benzene rings is 2. The third-order valence-corrected chi connectivity index (χ3v) is 5.25. The number of nitrogens with one attached hydrogen (secondary N) is 1. The molecule has 162 valence electrons. The van der Waals surface area contributed by atoms with Gasteiger partial charge in [-0.05, 0) is 29.8 Å². The van der Waals surface area contributed by atoms with Gasteiger partial charge >= 0.3 is 0 Å². The van der Waals surface area contributed by atoms with Crippen LogP contribution in [0.4, 0.5) is 0 Å². The van der Waals surface area contributed by atoms with Crippen molar-refractivity contribution in [1.82, 2.24) is 24.8 Å². The lowest BCUT2D eigenvalue weighted by Crippen LogP contribution is -2.31. The molecule has 7 heteroatoms. The minimum atomic E-state index is -0.230. The third kappa shape index (κ3) is 5.00. The Balaban J connectivity index is 1.46. The van der Waals surface area contributed by atoms with Gasteiger partial charge in [0.2, 0.25) is 5.91 Å². The molecule has 0 aliphatic rings. The molecule has 0 bridgehead atoms. The zero-order valence-corrected chi connectivity index (χ0v) is 17.9. The zero-order chi connectivity index (χ0) is 22.3. The van der Waals surface area contributed by atoms with Crippen molar-refractivity contribution < 1.29 is 9.59 Å². The van der Waals surface area contributed by atoms with E-state index in [1.807, 2.05) is 59.2 Å². The van der Waals surface area contributed by atoms with Gasteiger partial charge in [0.25, 0.3) is 5.91 Å². The molecule has 1 N–H and O–H groups in total. The van der Waals surface area contributed by atoms with Crippen LogP contribution in [0.15, 0.2) is 79.0 Å². The van der Waals surface area contributed by atoms with Crippen LogP contribution in [0.5, 0.6) is 0 Å². The van der Waals surface area contributed by atoms with Gasteiger partial charge in [-0.1, -0.05) is 48.5 Å². The van der Waals surface area contributed by atoms with E-state index in [0.717, 1.165) is 22.4 Å². The Labute approximate surface area is 186 Å². The maximum Gasteiger partial charge on any atom is 0.269 e.